The molecule has 0 bridgehead atoms. The molecule has 1 saturated heterocycles. The zero-order chi connectivity index (χ0) is 36.8. The normalized spacial score (nSPS) is 16.8. The lowest BCUT2D eigenvalue weighted by Crippen LogP contribution is -2.70. The summed E-state index contributed by atoms with van der Waals surface area (Å²) in [4.78, 5) is 68.7. The lowest BCUT2D eigenvalue weighted by Gasteiger charge is -2.50. The number of rotatable bonds is 11. The van der Waals surface area contributed by atoms with Gasteiger partial charge < -0.3 is 14.8 Å². The summed E-state index contributed by atoms with van der Waals surface area (Å²) in [6, 6.07) is 33.3. The molecule has 52 heavy (non-hydrogen) atoms. The highest BCUT2D eigenvalue weighted by Gasteiger charge is 2.54. The van der Waals surface area contributed by atoms with Gasteiger partial charge in [0.25, 0.3) is 5.91 Å². The number of hydrogen-bond acceptors (Lipinski definition) is 8. The SMILES string of the molecule is CC(C)(C)OC(=O)Nc1ccccc1CC(=O)NC1C(=O)N2C(C(=O)OC(c3ccccc3)c3ccccc3)=C(CC(=O)c3ccccc3)CSC12. The molecule has 2 aliphatic rings. The van der Waals surface area contributed by atoms with Crippen molar-refractivity contribution in [2.75, 3.05) is 11.1 Å². The third-order valence-corrected chi connectivity index (χ3v) is 9.80. The third kappa shape index (κ3) is 8.43. The van der Waals surface area contributed by atoms with Crippen molar-refractivity contribution in [3.05, 3.63) is 149 Å². The van der Waals surface area contributed by atoms with Crippen LogP contribution in [0.5, 0.6) is 0 Å². The fourth-order valence-corrected chi connectivity index (χ4v) is 7.43. The third-order valence-electron chi connectivity index (χ3n) is 8.46. The molecule has 2 atom stereocenters. The molecule has 2 N–H and O–H groups in total. The number of fused-ring (bicyclic) bond motifs is 1. The number of benzene rings is 4. The van der Waals surface area contributed by atoms with Gasteiger partial charge in [0.05, 0.1) is 6.42 Å². The maximum absolute atomic E-state index is 14.3. The minimum atomic E-state index is -0.920. The van der Waals surface area contributed by atoms with Crippen LogP contribution in [0.1, 0.15) is 60.3 Å². The Hall–Kier alpha value is -5.68. The van der Waals surface area contributed by atoms with Gasteiger partial charge in [0.2, 0.25) is 5.91 Å². The van der Waals surface area contributed by atoms with Crippen LogP contribution >= 0.6 is 11.8 Å². The quantitative estimate of drug-likeness (QED) is 0.0981. The summed E-state index contributed by atoms with van der Waals surface area (Å²) < 4.78 is 11.6. The Bertz CT molecular complexity index is 1960. The van der Waals surface area contributed by atoms with E-state index in [1.807, 2.05) is 66.7 Å². The zero-order valence-electron chi connectivity index (χ0n) is 29.0. The van der Waals surface area contributed by atoms with Crippen LogP contribution in [0.2, 0.25) is 0 Å². The Morgan fingerprint density at radius 2 is 1.38 bits per heavy atom. The minimum Gasteiger partial charge on any atom is -0.448 e. The van der Waals surface area contributed by atoms with E-state index in [0.717, 1.165) is 11.1 Å². The second kappa shape index (κ2) is 15.7. The molecular formula is C41H39N3O7S. The van der Waals surface area contributed by atoms with Crippen molar-refractivity contribution < 1.29 is 33.4 Å². The summed E-state index contributed by atoms with van der Waals surface area (Å²) in [5, 5.41) is 4.92. The van der Waals surface area contributed by atoms with E-state index in [1.165, 1.54) is 16.7 Å². The lowest BCUT2D eigenvalue weighted by atomic mass is 9.97. The molecule has 11 heteroatoms. The highest BCUT2D eigenvalue weighted by atomic mass is 32.2. The number of anilines is 1. The molecule has 266 valence electrons. The number of thioether (sulfide) groups is 1. The summed E-state index contributed by atoms with van der Waals surface area (Å²) >= 11 is 1.37. The molecule has 0 radical (unpaired) electrons. The fraction of sp³-hybridized carbons (Fsp3) is 0.244. The first kappa shape index (κ1) is 36.1. The van der Waals surface area contributed by atoms with Crippen LogP contribution in [0.15, 0.2) is 127 Å². The van der Waals surface area contributed by atoms with E-state index in [1.54, 1.807) is 69.3 Å². The average molecular weight is 718 g/mol. The Kier molecular flexibility index (Phi) is 10.9. The molecule has 0 saturated carbocycles. The number of para-hydroxylation sites is 1. The van der Waals surface area contributed by atoms with Crippen molar-refractivity contribution in [2.24, 2.45) is 0 Å². The van der Waals surface area contributed by atoms with E-state index >= 15 is 0 Å². The molecule has 4 aromatic carbocycles. The molecular weight excluding hydrogens is 679 g/mol. The van der Waals surface area contributed by atoms with Gasteiger partial charge in [-0.3, -0.25) is 24.6 Å². The van der Waals surface area contributed by atoms with Gasteiger partial charge in [-0.15, -0.1) is 11.8 Å². The molecule has 4 aromatic rings. The maximum Gasteiger partial charge on any atom is 0.412 e. The first-order chi connectivity index (χ1) is 25.0. The van der Waals surface area contributed by atoms with Gasteiger partial charge >= 0.3 is 12.1 Å². The van der Waals surface area contributed by atoms with Gasteiger partial charge in [0.1, 0.15) is 22.7 Å². The lowest BCUT2D eigenvalue weighted by molar-refractivity contribution is -0.154. The molecule has 0 spiro atoms. The average Bonchev–Trinajstić information content (AvgIpc) is 3.13. The van der Waals surface area contributed by atoms with E-state index in [4.69, 9.17) is 9.47 Å². The zero-order valence-corrected chi connectivity index (χ0v) is 29.9. The van der Waals surface area contributed by atoms with E-state index in [-0.39, 0.29) is 30.1 Å². The van der Waals surface area contributed by atoms with Crippen LogP contribution in [0.4, 0.5) is 10.5 Å². The van der Waals surface area contributed by atoms with Crippen molar-refractivity contribution in [3.8, 4) is 0 Å². The number of β-lactam (4-membered cyclic amide) rings is 1. The monoisotopic (exact) mass is 717 g/mol. The summed E-state index contributed by atoms with van der Waals surface area (Å²) in [7, 11) is 0. The topological polar surface area (TPSA) is 131 Å². The Labute approximate surface area is 306 Å². The first-order valence-corrected chi connectivity index (χ1v) is 18.0. The van der Waals surface area contributed by atoms with Gasteiger partial charge in [0.15, 0.2) is 11.9 Å². The van der Waals surface area contributed by atoms with E-state index in [9.17, 15) is 24.0 Å². The predicted octanol–water partition coefficient (Wildman–Crippen LogP) is 6.84. The van der Waals surface area contributed by atoms with Gasteiger partial charge in [-0.1, -0.05) is 109 Å². The number of hydrogen-bond donors (Lipinski definition) is 2. The van der Waals surface area contributed by atoms with Crippen molar-refractivity contribution in [2.45, 2.75) is 56.7 Å². The van der Waals surface area contributed by atoms with Crippen LogP contribution in [0, 0.1) is 0 Å². The van der Waals surface area contributed by atoms with E-state index < -0.39 is 47.0 Å². The number of esters is 1. The number of nitrogens with zero attached hydrogens (tertiary/aromatic N) is 1. The molecule has 2 heterocycles. The summed E-state index contributed by atoms with van der Waals surface area (Å²) in [6.45, 7) is 5.26. The molecule has 6 rings (SSSR count). The van der Waals surface area contributed by atoms with Gasteiger partial charge in [-0.2, -0.15) is 0 Å². The highest BCUT2D eigenvalue weighted by molar-refractivity contribution is 8.00. The maximum atomic E-state index is 14.3. The Morgan fingerprint density at radius 1 is 0.808 bits per heavy atom. The number of ketones is 1. The number of nitrogens with one attached hydrogen (secondary N) is 2. The van der Waals surface area contributed by atoms with Crippen molar-refractivity contribution >= 4 is 47.1 Å². The number of ether oxygens (including phenoxy) is 2. The summed E-state index contributed by atoms with van der Waals surface area (Å²) in [6.07, 6.45) is -1.64. The van der Waals surface area contributed by atoms with Crippen LogP contribution in [-0.4, -0.2) is 57.3 Å². The largest absolute Gasteiger partial charge is 0.448 e. The number of carbonyl (C=O) groups is 5. The fourth-order valence-electron chi connectivity index (χ4n) is 6.08. The van der Waals surface area contributed by atoms with Crippen LogP contribution in [-0.2, 0) is 30.3 Å². The molecule has 3 amide bonds. The molecule has 0 aliphatic carbocycles. The Morgan fingerprint density at radius 3 is 2.00 bits per heavy atom. The van der Waals surface area contributed by atoms with Crippen LogP contribution < -0.4 is 10.6 Å². The number of carbonyl (C=O) groups excluding carboxylic acids is 5. The summed E-state index contributed by atoms with van der Waals surface area (Å²) in [5.41, 5.74) is 2.70. The van der Waals surface area contributed by atoms with E-state index in [2.05, 4.69) is 10.6 Å². The van der Waals surface area contributed by atoms with Crippen molar-refractivity contribution in [1.29, 1.82) is 0 Å². The standard InChI is InChI=1S/C41H39N3O7S/c1-41(2,3)51-40(49)42-31-22-14-13-21-29(31)24-33(46)43-34-37(47)44-35(30(25-52-38(34)44)23-32(45)26-15-7-4-8-16-26)39(48)50-36(27-17-9-5-10-18-27)28-19-11-6-12-20-28/h4-22,34,36,38H,23-25H2,1-3H3,(H,42,49)(H,43,46). The smallest absolute Gasteiger partial charge is 0.412 e. The van der Waals surface area contributed by atoms with Gasteiger partial charge in [-0.05, 0) is 49.1 Å². The van der Waals surface area contributed by atoms with Gasteiger partial charge in [-0.25, -0.2) is 9.59 Å². The predicted molar refractivity (Wildman–Crippen MR) is 198 cm³/mol. The molecule has 10 nitrogen and oxygen atoms in total. The number of Topliss-reactive ketones (excluding diaryl/α,β-unsaturated/α-hetero) is 1. The van der Waals surface area contributed by atoms with Crippen LogP contribution in [0.25, 0.3) is 0 Å². The minimum absolute atomic E-state index is 0.0206. The van der Waals surface area contributed by atoms with Crippen LogP contribution in [0.3, 0.4) is 0 Å². The second-order valence-corrected chi connectivity index (χ2v) is 14.5. The van der Waals surface area contributed by atoms with Crippen molar-refractivity contribution in [1.82, 2.24) is 10.2 Å². The molecule has 2 unspecified atom stereocenters. The summed E-state index contributed by atoms with van der Waals surface area (Å²) in [5.74, 6) is -1.59. The molecule has 2 aliphatic heterocycles. The molecule has 1 fully saturated rings. The van der Waals surface area contributed by atoms with Gasteiger partial charge in [0, 0.05) is 23.4 Å². The highest BCUT2D eigenvalue weighted by Crippen LogP contribution is 2.43. The number of amides is 3. The molecule has 0 aromatic heterocycles. The second-order valence-electron chi connectivity index (χ2n) is 13.4. The van der Waals surface area contributed by atoms with Crippen molar-refractivity contribution in [3.63, 3.8) is 0 Å². The Balaban J connectivity index is 1.23. The first-order valence-electron chi connectivity index (χ1n) is 16.9. The van der Waals surface area contributed by atoms with E-state index in [0.29, 0.717) is 22.4 Å².